The number of hydrogen-bond acceptors (Lipinski definition) is 3. The summed E-state index contributed by atoms with van der Waals surface area (Å²) in [5, 5.41) is 7.17. The van der Waals surface area contributed by atoms with Gasteiger partial charge in [-0.3, -0.25) is 14.8 Å². The molecule has 0 aromatic heterocycles. The van der Waals surface area contributed by atoms with Gasteiger partial charge >= 0.3 is 0 Å². The van der Waals surface area contributed by atoms with Gasteiger partial charge in [-0.15, -0.1) is 24.0 Å². The molecule has 2 aliphatic heterocycles. The largest absolute Gasteiger partial charge is 0.355 e. The van der Waals surface area contributed by atoms with Crippen LogP contribution in [0.3, 0.4) is 0 Å². The minimum Gasteiger partial charge on any atom is -0.355 e. The van der Waals surface area contributed by atoms with Gasteiger partial charge in [0.15, 0.2) is 5.96 Å². The Balaban J connectivity index is 0.00000225. The van der Waals surface area contributed by atoms with E-state index in [9.17, 15) is 0 Å². The van der Waals surface area contributed by atoms with E-state index in [2.05, 4.69) is 32.3 Å². The van der Waals surface area contributed by atoms with Crippen LogP contribution in [-0.4, -0.2) is 73.7 Å². The quantitative estimate of drug-likeness (QED) is 0.374. The molecule has 2 saturated heterocycles. The third-order valence-corrected chi connectivity index (χ3v) is 6.26. The fraction of sp³-hybridized carbons (Fsp3) is 0.947. The molecule has 0 spiro atoms. The molecule has 1 saturated carbocycles. The van der Waals surface area contributed by atoms with Crippen molar-refractivity contribution in [2.75, 3.05) is 39.8 Å². The summed E-state index contributed by atoms with van der Waals surface area (Å²) in [5.74, 6) is 0.984. The molecular weight excluding hydrogens is 425 g/mol. The monoisotopic (exact) mass is 463 g/mol. The van der Waals surface area contributed by atoms with Crippen LogP contribution in [0.15, 0.2) is 4.99 Å². The lowest BCUT2D eigenvalue weighted by atomic mass is 10.0. The summed E-state index contributed by atoms with van der Waals surface area (Å²) in [4.78, 5) is 9.75. The number of nitrogens with zero attached hydrogens (tertiary/aromatic N) is 3. The van der Waals surface area contributed by atoms with Crippen molar-refractivity contribution < 1.29 is 0 Å². The molecule has 6 heteroatoms. The van der Waals surface area contributed by atoms with E-state index in [4.69, 9.17) is 0 Å². The second kappa shape index (κ2) is 10.9. The fourth-order valence-electron chi connectivity index (χ4n) is 4.70. The SMILES string of the molecule is CN=C(NCCN1CCCCC1C)NC1CCN(C2CCCC2)C1.I. The van der Waals surface area contributed by atoms with E-state index >= 15 is 0 Å². The highest BCUT2D eigenvalue weighted by molar-refractivity contribution is 14.0. The molecule has 2 N–H and O–H groups in total. The van der Waals surface area contributed by atoms with E-state index < -0.39 is 0 Å². The van der Waals surface area contributed by atoms with Gasteiger partial charge in [0, 0.05) is 51.4 Å². The van der Waals surface area contributed by atoms with Gasteiger partial charge in [0.1, 0.15) is 0 Å². The highest BCUT2D eigenvalue weighted by atomic mass is 127. The summed E-state index contributed by atoms with van der Waals surface area (Å²) in [6.45, 7) is 8.18. The molecule has 0 aromatic carbocycles. The molecule has 0 bridgehead atoms. The van der Waals surface area contributed by atoms with Crippen molar-refractivity contribution in [1.29, 1.82) is 0 Å². The van der Waals surface area contributed by atoms with E-state index in [1.54, 1.807) is 0 Å². The predicted molar refractivity (Wildman–Crippen MR) is 117 cm³/mol. The molecular formula is C19H38IN5. The molecule has 2 atom stereocenters. The maximum absolute atomic E-state index is 4.43. The van der Waals surface area contributed by atoms with E-state index in [1.165, 1.54) is 71.0 Å². The Labute approximate surface area is 171 Å². The van der Waals surface area contributed by atoms with Crippen LogP contribution in [0.25, 0.3) is 0 Å². The molecule has 2 unspecified atom stereocenters. The van der Waals surface area contributed by atoms with E-state index in [1.807, 2.05) is 7.05 Å². The van der Waals surface area contributed by atoms with Gasteiger partial charge < -0.3 is 10.6 Å². The lowest BCUT2D eigenvalue weighted by molar-refractivity contribution is 0.163. The highest BCUT2D eigenvalue weighted by Gasteiger charge is 2.30. The lowest BCUT2D eigenvalue weighted by Crippen LogP contribution is -2.48. The Hall–Kier alpha value is -0.0800. The molecule has 0 amide bonds. The molecule has 0 aromatic rings. The molecule has 3 rings (SSSR count). The zero-order chi connectivity index (χ0) is 16.8. The Bertz CT molecular complexity index is 411. The van der Waals surface area contributed by atoms with Crippen LogP contribution < -0.4 is 10.6 Å². The highest BCUT2D eigenvalue weighted by Crippen LogP contribution is 2.26. The summed E-state index contributed by atoms with van der Waals surface area (Å²) in [7, 11) is 1.89. The third kappa shape index (κ3) is 6.24. The minimum atomic E-state index is 0. The summed E-state index contributed by atoms with van der Waals surface area (Å²) in [5.41, 5.74) is 0. The third-order valence-electron chi connectivity index (χ3n) is 6.26. The number of piperidine rings is 1. The Morgan fingerprint density at radius 2 is 1.80 bits per heavy atom. The first kappa shape index (κ1) is 21.2. The Morgan fingerprint density at radius 1 is 1.04 bits per heavy atom. The topological polar surface area (TPSA) is 42.9 Å². The molecule has 146 valence electrons. The number of aliphatic imine (C=N–C) groups is 1. The van der Waals surface area contributed by atoms with Crippen LogP contribution in [0.2, 0.25) is 0 Å². The molecule has 3 aliphatic rings. The number of guanidine groups is 1. The Morgan fingerprint density at radius 3 is 2.52 bits per heavy atom. The van der Waals surface area contributed by atoms with Crippen molar-refractivity contribution in [2.45, 2.75) is 76.4 Å². The standard InChI is InChI=1S/C19H37N5.HI/c1-16-7-5-6-12-23(16)14-11-21-19(20-2)22-17-10-13-24(15-17)18-8-3-4-9-18;/h16-18H,3-15H2,1-2H3,(H2,20,21,22);1H. The molecule has 25 heavy (non-hydrogen) atoms. The van der Waals surface area contributed by atoms with Gasteiger partial charge in [0.25, 0.3) is 0 Å². The average molecular weight is 463 g/mol. The summed E-state index contributed by atoms with van der Waals surface area (Å²) < 4.78 is 0. The van der Waals surface area contributed by atoms with E-state index in [0.717, 1.165) is 31.1 Å². The van der Waals surface area contributed by atoms with Gasteiger partial charge in [-0.25, -0.2) is 0 Å². The van der Waals surface area contributed by atoms with Crippen molar-refractivity contribution in [3.63, 3.8) is 0 Å². The van der Waals surface area contributed by atoms with Crippen LogP contribution in [0.4, 0.5) is 0 Å². The smallest absolute Gasteiger partial charge is 0.191 e. The van der Waals surface area contributed by atoms with Gasteiger partial charge in [0.2, 0.25) is 0 Å². The van der Waals surface area contributed by atoms with E-state index in [-0.39, 0.29) is 24.0 Å². The van der Waals surface area contributed by atoms with Crippen molar-refractivity contribution >= 4 is 29.9 Å². The summed E-state index contributed by atoms with van der Waals surface area (Å²) >= 11 is 0. The maximum Gasteiger partial charge on any atom is 0.191 e. The number of halogens is 1. The number of likely N-dealkylation sites (tertiary alicyclic amines) is 2. The van der Waals surface area contributed by atoms with Crippen molar-refractivity contribution in [3.05, 3.63) is 0 Å². The van der Waals surface area contributed by atoms with Crippen LogP contribution >= 0.6 is 24.0 Å². The Kier molecular flexibility index (Phi) is 9.27. The molecule has 1 aliphatic carbocycles. The van der Waals surface area contributed by atoms with Gasteiger partial charge in [-0.1, -0.05) is 19.3 Å². The van der Waals surface area contributed by atoms with Crippen LogP contribution in [-0.2, 0) is 0 Å². The first-order valence-corrected chi connectivity index (χ1v) is 10.2. The molecule has 0 radical (unpaired) electrons. The zero-order valence-corrected chi connectivity index (χ0v) is 18.5. The number of rotatable bonds is 5. The van der Waals surface area contributed by atoms with Crippen LogP contribution in [0.5, 0.6) is 0 Å². The maximum atomic E-state index is 4.43. The van der Waals surface area contributed by atoms with Crippen LogP contribution in [0.1, 0.15) is 58.3 Å². The fourth-order valence-corrected chi connectivity index (χ4v) is 4.70. The van der Waals surface area contributed by atoms with Gasteiger partial charge in [-0.05, 0) is 45.6 Å². The lowest BCUT2D eigenvalue weighted by Gasteiger charge is -2.33. The zero-order valence-electron chi connectivity index (χ0n) is 16.2. The van der Waals surface area contributed by atoms with Crippen LogP contribution in [0, 0.1) is 0 Å². The molecule has 5 nitrogen and oxygen atoms in total. The average Bonchev–Trinajstić information content (AvgIpc) is 3.26. The van der Waals surface area contributed by atoms with E-state index in [0.29, 0.717) is 6.04 Å². The minimum absolute atomic E-state index is 0. The second-order valence-electron chi connectivity index (χ2n) is 7.94. The van der Waals surface area contributed by atoms with Gasteiger partial charge in [-0.2, -0.15) is 0 Å². The second-order valence-corrected chi connectivity index (χ2v) is 7.94. The normalized spacial score (nSPS) is 29.6. The predicted octanol–water partition coefficient (Wildman–Crippen LogP) is 2.66. The first-order valence-electron chi connectivity index (χ1n) is 10.2. The van der Waals surface area contributed by atoms with Gasteiger partial charge in [0.05, 0.1) is 0 Å². The van der Waals surface area contributed by atoms with Crippen molar-refractivity contribution in [3.8, 4) is 0 Å². The summed E-state index contributed by atoms with van der Waals surface area (Å²) in [6.07, 6.45) is 11.0. The first-order chi connectivity index (χ1) is 11.8. The van der Waals surface area contributed by atoms with Crippen molar-refractivity contribution in [1.82, 2.24) is 20.4 Å². The summed E-state index contributed by atoms with van der Waals surface area (Å²) in [6, 6.07) is 2.16. The molecule has 3 fully saturated rings. The molecule has 2 heterocycles. The van der Waals surface area contributed by atoms with Crippen molar-refractivity contribution in [2.24, 2.45) is 4.99 Å². The number of hydrogen-bond donors (Lipinski definition) is 2. The number of nitrogens with one attached hydrogen (secondary N) is 2.